The van der Waals surface area contributed by atoms with Crippen molar-refractivity contribution in [2.45, 2.75) is 63.0 Å². The molecule has 12 nitrogen and oxygen atoms in total. The van der Waals surface area contributed by atoms with Gasteiger partial charge in [-0.2, -0.15) is 4.99 Å². The summed E-state index contributed by atoms with van der Waals surface area (Å²) in [6.07, 6.45) is 2.29. The van der Waals surface area contributed by atoms with Crippen molar-refractivity contribution in [3.8, 4) is 0 Å². The Balaban J connectivity index is 2.11. The van der Waals surface area contributed by atoms with Crippen molar-refractivity contribution in [2.24, 2.45) is 0 Å². The predicted molar refractivity (Wildman–Crippen MR) is 119 cm³/mol. The molecule has 0 aromatic rings. The Morgan fingerprint density at radius 3 is 2.57 bits per heavy atom. The number of aliphatic hydroxyl groups is 1. The molecule has 2 aliphatic rings. The van der Waals surface area contributed by atoms with Gasteiger partial charge < -0.3 is 35.3 Å². The van der Waals surface area contributed by atoms with Gasteiger partial charge in [0, 0.05) is 13.0 Å². The zero-order chi connectivity index (χ0) is 26.3. The van der Waals surface area contributed by atoms with Crippen LogP contribution in [0.4, 0.5) is 0 Å². The number of likely N-dealkylation sites (tertiary alicyclic amines) is 1. The summed E-state index contributed by atoms with van der Waals surface area (Å²) in [5.41, 5.74) is 0.742. The number of rotatable bonds is 10. The van der Waals surface area contributed by atoms with E-state index in [0.29, 0.717) is 24.8 Å². The first-order chi connectivity index (χ1) is 16.5. The Kier molecular flexibility index (Phi) is 9.81. The number of nitrogens with zero attached hydrogens (tertiary/aromatic N) is 1. The molecule has 5 N–H and O–H groups in total. The van der Waals surface area contributed by atoms with E-state index in [9.17, 15) is 29.1 Å². The molecule has 1 aliphatic carbocycles. The van der Waals surface area contributed by atoms with E-state index in [1.165, 1.54) is 31.9 Å². The SMILES string of the molecule is COC1=C(C(=O)N[C@@H](C)C(=O)N2CCC[C@H]2C(=O)NC(C=O)CC(=O)O)CC([ClH+])C([NH+]=C(C)O)=C1. The molecular weight excluding hydrogens is 484 g/mol. The largest absolute Gasteiger partial charge is 0.496 e. The number of carboxylic acids is 1. The van der Waals surface area contributed by atoms with Crippen LogP contribution in [-0.2, 0) is 28.7 Å². The summed E-state index contributed by atoms with van der Waals surface area (Å²) in [7, 11) is 1.38. The lowest BCUT2D eigenvalue weighted by atomic mass is 9.99. The number of amides is 3. The van der Waals surface area contributed by atoms with Crippen LogP contribution in [0.2, 0.25) is 0 Å². The molecule has 35 heavy (non-hydrogen) atoms. The molecule has 2 unspecified atom stereocenters. The van der Waals surface area contributed by atoms with E-state index in [-0.39, 0.29) is 30.2 Å². The standard InChI is InChI=1S/C22H29ClN4O8/c1-11(24-20(32)14-8-15(23)16(25-12(2)29)9-18(14)35-3)22(34)27-6-4-5-17(27)21(33)26-13(10-28)7-19(30)31/h9-11,13,15,17,23H,4-8H2,1-3H3,(H3-,24,25,26,29,30,31,32,33)/p+2/t11-,13?,15?,17-/m0/s1. The number of aldehydes is 1. The van der Waals surface area contributed by atoms with Crippen LogP contribution < -0.4 is 15.6 Å². The van der Waals surface area contributed by atoms with Crippen LogP contribution in [0.1, 0.15) is 39.5 Å². The summed E-state index contributed by atoms with van der Waals surface area (Å²) in [5.74, 6) is -2.73. The first-order valence-electron chi connectivity index (χ1n) is 11.0. The van der Waals surface area contributed by atoms with Crippen molar-refractivity contribution in [3.63, 3.8) is 0 Å². The zero-order valence-electron chi connectivity index (χ0n) is 19.7. The second-order valence-electron chi connectivity index (χ2n) is 8.28. The van der Waals surface area contributed by atoms with Crippen molar-refractivity contribution < 1.29 is 55.5 Å². The van der Waals surface area contributed by atoms with E-state index in [0.717, 1.165) is 0 Å². The molecule has 1 fully saturated rings. The number of ether oxygens (including phenoxy) is 1. The summed E-state index contributed by atoms with van der Waals surface area (Å²) < 4.78 is 5.30. The lowest BCUT2D eigenvalue weighted by Gasteiger charge is -2.28. The van der Waals surface area contributed by atoms with Gasteiger partial charge >= 0.3 is 11.9 Å². The molecule has 4 atom stereocenters. The molecule has 1 saturated heterocycles. The number of aliphatic hydroxyl groups excluding tert-OH is 1. The summed E-state index contributed by atoms with van der Waals surface area (Å²) in [6.45, 7) is 3.21. The lowest BCUT2D eigenvalue weighted by Crippen LogP contribution is -2.73. The number of carboxylic acid groups (broad SMARTS) is 1. The van der Waals surface area contributed by atoms with Crippen LogP contribution in [0, 0.1) is 11.6 Å². The number of hydrogen-bond donors (Lipinski definition) is 5. The van der Waals surface area contributed by atoms with E-state index < -0.39 is 53.6 Å². The fourth-order valence-electron chi connectivity index (χ4n) is 3.93. The average Bonchev–Trinajstić information content (AvgIpc) is 3.28. The summed E-state index contributed by atoms with van der Waals surface area (Å²) >= 11 is 5.39. The maximum absolute atomic E-state index is 13.0. The van der Waals surface area contributed by atoms with Gasteiger partial charge in [-0.15, -0.1) is 0 Å². The van der Waals surface area contributed by atoms with Gasteiger partial charge in [0.15, 0.2) is 0 Å². The third-order valence-electron chi connectivity index (χ3n) is 5.58. The van der Waals surface area contributed by atoms with Crippen molar-refractivity contribution in [1.29, 1.82) is 0 Å². The molecule has 13 heteroatoms. The highest BCUT2D eigenvalue weighted by Gasteiger charge is 2.39. The normalized spacial score (nSPS) is 22.1. The van der Waals surface area contributed by atoms with E-state index in [1.54, 1.807) is 0 Å². The fraction of sp³-hybridized carbons (Fsp3) is 0.545. The number of carbonyl (C=O) groups excluding carboxylic acids is 4. The highest BCUT2D eigenvalue weighted by Crippen LogP contribution is 2.24. The molecular formula is C22H31ClN4O8+2. The summed E-state index contributed by atoms with van der Waals surface area (Å²) in [4.78, 5) is 64.6. The van der Waals surface area contributed by atoms with Crippen molar-refractivity contribution in [3.05, 3.63) is 23.1 Å². The highest BCUT2D eigenvalue weighted by atomic mass is 35.5. The van der Waals surface area contributed by atoms with Gasteiger partial charge in [0.25, 0.3) is 11.3 Å². The third kappa shape index (κ3) is 7.28. The molecule has 0 aromatic heterocycles. The maximum atomic E-state index is 13.0. The molecule has 0 aromatic carbocycles. The Bertz CT molecular complexity index is 973. The Morgan fingerprint density at radius 2 is 2.00 bits per heavy atom. The van der Waals surface area contributed by atoms with Crippen LogP contribution in [-0.4, -0.2) is 88.1 Å². The number of carbonyl (C=O) groups is 5. The van der Waals surface area contributed by atoms with Crippen LogP contribution >= 0.6 is 0 Å². The maximum Gasteiger partial charge on any atom is 0.334 e. The minimum atomic E-state index is -1.24. The third-order valence-corrected chi connectivity index (χ3v) is 6.00. The van der Waals surface area contributed by atoms with Gasteiger partial charge in [0.2, 0.25) is 17.5 Å². The predicted octanol–water partition coefficient (Wildman–Crippen LogP) is -2.46. The second-order valence-corrected chi connectivity index (χ2v) is 8.85. The molecule has 0 bridgehead atoms. The van der Waals surface area contributed by atoms with Crippen molar-refractivity contribution >= 4 is 35.9 Å². The van der Waals surface area contributed by atoms with Crippen LogP contribution in [0.3, 0.4) is 0 Å². The minimum absolute atomic E-state index is 0.0553. The highest BCUT2D eigenvalue weighted by molar-refractivity contribution is 5.99. The van der Waals surface area contributed by atoms with Crippen LogP contribution in [0.25, 0.3) is 0 Å². The monoisotopic (exact) mass is 514 g/mol. The lowest BCUT2D eigenvalue weighted by molar-refractivity contribution is -0.492. The number of methoxy groups -OCH3 is 1. The van der Waals surface area contributed by atoms with E-state index in [2.05, 4.69) is 15.6 Å². The van der Waals surface area contributed by atoms with E-state index in [4.69, 9.17) is 21.4 Å². The molecule has 1 aliphatic heterocycles. The molecule has 0 saturated carbocycles. The number of allylic oxidation sites excluding steroid dienone is 2. The van der Waals surface area contributed by atoms with Gasteiger partial charge in [-0.25, -0.2) is 0 Å². The first-order valence-corrected chi connectivity index (χ1v) is 11.5. The quantitative estimate of drug-likeness (QED) is 0.0922. The average molecular weight is 515 g/mol. The first kappa shape index (κ1) is 27.8. The molecule has 0 spiro atoms. The molecule has 3 amide bonds. The van der Waals surface area contributed by atoms with Crippen LogP contribution in [0.5, 0.6) is 0 Å². The molecule has 1 heterocycles. The molecule has 192 valence electrons. The number of alkyl halides is 1. The van der Waals surface area contributed by atoms with Crippen LogP contribution in [0.15, 0.2) is 23.1 Å². The van der Waals surface area contributed by atoms with Gasteiger partial charge in [-0.1, -0.05) is 0 Å². The number of halogens is 1. The summed E-state index contributed by atoms with van der Waals surface area (Å²) in [5, 5.41) is 22.8. The van der Waals surface area contributed by atoms with Crippen molar-refractivity contribution in [1.82, 2.24) is 15.5 Å². The second kappa shape index (κ2) is 12.3. The number of hydrogen-bond acceptors (Lipinski definition) is 6. The molecule has 0 radical (unpaired) electrons. The van der Waals surface area contributed by atoms with Gasteiger partial charge in [-0.3, -0.25) is 19.2 Å². The van der Waals surface area contributed by atoms with Gasteiger partial charge in [-0.05, 0) is 19.8 Å². The van der Waals surface area contributed by atoms with E-state index >= 15 is 0 Å². The number of aliphatic carboxylic acids is 1. The topological polar surface area (TPSA) is 176 Å². The number of nitrogens with one attached hydrogen (secondary N) is 3. The Hall–Kier alpha value is -3.41. The summed E-state index contributed by atoms with van der Waals surface area (Å²) in [6, 6.07) is -3.07. The van der Waals surface area contributed by atoms with E-state index in [1.807, 2.05) is 0 Å². The minimum Gasteiger partial charge on any atom is -0.496 e. The van der Waals surface area contributed by atoms with Gasteiger partial charge in [0.05, 0.1) is 38.1 Å². The zero-order valence-corrected chi connectivity index (χ0v) is 20.5. The van der Waals surface area contributed by atoms with Crippen molar-refractivity contribution in [2.75, 3.05) is 13.7 Å². The van der Waals surface area contributed by atoms with Gasteiger partial charge in [0.1, 0.15) is 35.7 Å². The Morgan fingerprint density at radius 1 is 1.31 bits per heavy atom. The fourth-order valence-corrected chi connectivity index (χ4v) is 4.22. The smallest absolute Gasteiger partial charge is 0.334 e. The molecule has 2 rings (SSSR count). The Labute approximate surface area is 207 Å².